The van der Waals surface area contributed by atoms with E-state index in [2.05, 4.69) is 35.0 Å². The zero-order chi connectivity index (χ0) is 26.5. The van der Waals surface area contributed by atoms with E-state index in [1.165, 1.54) is 5.56 Å². The number of hydrogen-bond donors (Lipinski definition) is 1. The third kappa shape index (κ3) is 7.04. The van der Waals surface area contributed by atoms with Gasteiger partial charge < -0.3 is 14.6 Å². The van der Waals surface area contributed by atoms with E-state index in [0.717, 1.165) is 23.1 Å². The maximum atomic E-state index is 13.0. The summed E-state index contributed by atoms with van der Waals surface area (Å²) in [5.41, 5.74) is 3.96. The van der Waals surface area contributed by atoms with Gasteiger partial charge in [-0.3, -0.25) is 9.47 Å². The van der Waals surface area contributed by atoms with Crippen LogP contribution in [0.2, 0.25) is 5.02 Å². The van der Waals surface area contributed by atoms with E-state index < -0.39 is 0 Å². The summed E-state index contributed by atoms with van der Waals surface area (Å²) < 4.78 is 7.62. The Hall–Kier alpha value is -3.26. The maximum Gasteiger partial charge on any atom is 0.409 e. The van der Waals surface area contributed by atoms with Crippen molar-refractivity contribution < 1.29 is 9.53 Å². The topological polar surface area (TPSA) is 70.6 Å². The molecule has 1 N–H and O–H groups in total. The molecule has 1 aliphatic heterocycles. The summed E-state index contributed by atoms with van der Waals surface area (Å²) in [5.74, 6) is 0. The molecule has 0 bridgehead atoms. The van der Waals surface area contributed by atoms with Gasteiger partial charge in [-0.15, -0.1) is 12.4 Å². The minimum absolute atomic E-state index is 0. The van der Waals surface area contributed by atoms with E-state index in [1.54, 1.807) is 4.90 Å². The lowest BCUT2D eigenvalue weighted by molar-refractivity contribution is 0.0567. The van der Waals surface area contributed by atoms with E-state index in [0.29, 0.717) is 37.5 Å². The Morgan fingerprint density at radius 1 is 1.00 bits per heavy atom. The van der Waals surface area contributed by atoms with E-state index in [1.807, 2.05) is 65.2 Å². The Balaban J connectivity index is 0.00000353. The van der Waals surface area contributed by atoms with Crippen LogP contribution in [0, 0.1) is 0 Å². The summed E-state index contributed by atoms with van der Waals surface area (Å²) in [6.45, 7) is 4.90. The fourth-order valence-corrected chi connectivity index (χ4v) is 5.40. The number of fused-ring (bicyclic) bond motifs is 1. The Morgan fingerprint density at radius 3 is 2.41 bits per heavy atom. The number of likely N-dealkylation sites (tertiary alicyclic amines) is 1. The van der Waals surface area contributed by atoms with Crippen LogP contribution in [0.25, 0.3) is 11.0 Å². The average molecular weight is 570 g/mol. The van der Waals surface area contributed by atoms with Gasteiger partial charge in [0.15, 0.2) is 0 Å². The first kappa shape index (κ1) is 28.7. The number of nitrogens with one attached hydrogen (secondary N) is 1. The number of hydrogen-bond acceptors (Lipinski definition) is 4. The van der Waals surface area contributed by atoms with Crippen molar-refractivity contribution in [2.45, 2.75) is 44.9 Å². The van der Waals surface area contributed by atoms with Gasteiger partial charge in [0.05, 0.1) is 11.0 Å². The molecule has 0 aliphatic carbocycles. The molecule has 1 aliphatic rings. The third-order valence-electron chi connectivity index (χ3n) is 7.29. The molecule has 1 saturated heterocycles. The Bertz CT molecular complexity index is 1430. The molecule has 0 radical (unpaired) electrons. The van der Waals surface area contributed by atoms with Gasteiger partial charge >= 0.3 is 11.8 Å². The molecule has 1 aromatic heterocycles. The SMILES string of the molecule is C[C@@H](COC(=O)N1CCC(n2c(=O)[nH]c3ccccc32)CC1)N(Cc1ccccc1)Cc1cccc(Cl)c1.Cl. The van der Waals surface area contributed by atoms with Crippen molar-refractivity contribution >= 4 is 41.1 Å². The number of rotatable bonds is 8. The number of H-pyrrole nitrogens is 1. The quantitative estimate of drug-likeness (QED) is 0.272. The molecule has 0 saturated carbocycles. The van der Waals surface area contributed by atoms with Crippen LogP contribution < -0.4 is 5.69 Å². The van der Waals surface area contributed by atoms with Crippen molar-refractivity contribution in [1.29, 1.82) is 0 Å². The zero-order valence-electron chi connectivity index (χ0n) is 22.0. The van der Waals surface area contributed by atoms with Gasteiger partial charge in [-0.05, 0) is 55.2 Å². The molecule has 2 heterocycles. The van der Waals surface area contributed by atoms with Crippen LogP contribution in [0.15, 0.2) is 83.7 Å². The molecule has 1 atom stereocenters. The molecule has 0 unspecified atom stereocenters. The number of ether oxygens (including phenoxy) is 1. The van der Waals surface area contributed by atoms with Crippen molar-refractivity contribution in [2.24, 2.45) is 0 Å². The number of carbonyl (C=O) groups is 1. The van der Waals surface area contributed by atoms with Gasteiger partial charge in [0.2, 0.25) is 0 Å². The minimum atomic E-state index is -0.302. The largest absolute Gasteiger partial charge is 0.448 e. The highest BCUT2D eigenvalue weighted by Crippen LogP contribution is 2.25. The van der Waals surface area contributed by atoms with E-state index in [9.17, 15) is 9.59 Å². The number of carbonyl (C=O) groups excluding carboxylic acids is 1. The summed E-state index contributed by atoms with van der Waals surface area (Å²) in [6, 6.07) is 25.9. The van der Waals surface area contributed by atoms with Gasteiger partial charge in [0, 0.05) is 43.3 Å². The number of nitrogens with zero attached hydrogens (tertiary/aromatic N) is 3. The number of para-hydroxylation sites is 2. The Labute approximate surface area is 239 Å². The lowest BCUT2D eigenvalue weighted by Gasteiger charge is -2.33. The highest BCUT2D eigenvalue weighted by molar-refractivity contribution is 6.30. The first-order valence-electron chi connectivity index (χ1n) is 13.1. The highest BCUT2D eigenvalue weighted by atomic mass is 35.5. The fourth-order valence-electron chi connectivity index (χ4n) is 5.19. The van der Waals surface area contributed by atoms with Crippen LogP contribution in [0.5, 0.6) is 0 Å². The van der Waals surface area contributed by atoms with E-state index in [4.69, 9.17) is 16.3 Å². The molecule has 3 aromatic carbocycles. The van der Waals surface area contributed by atoms with Gasteiger partial charge in [-0.1, -0.05) is 66.2 Å². The third-order valence-corrected chi connectivity index (χ3v) is 7.52. The smallest absolute Gasteiger partial charge is 0.409 e. The van der Waals surface area contributed by atoms with Crippen LogP contribution in [-0.2, 0) is 17.8 Å². The number of amides is 1. The lowest BCUT2D eigenvalue weighted by atomic mass is 10.0. The molecular formula is C30H34Cl2N4O3. The Kier molecular flexibility index (Phi) is 9.73. The van der Waals surface area contributed by atoms with Gasteiger partial charge in [-0.25, -0.2) is 9.59 Å². The van der Waals surface area contributed by atoms with E-state index >= 15 is 0 Å². The minimum Gasteiger partial charge on any atom is -0.448 e. The number of halogens is 2. The molecule has 9 heteroatoms. The predicted molar refractivity (Wildman–Crippen MR) is 158 cm³/mol. The summed E-state index contributed by atoms with van der Waals surface area (Å²) in [5, 5.41) is 0.708. The van der Waals surface area contributed by atoms with Crippen LogP contribution in [0.3, 0.4) is 0 Å². The van der Waals surface area contributed by atoms with E-state index in [-0.39, 0.29) is 42.9 Å². The number of benzene rings is 3. The predicted octanol–water partition coefficient (Wildman–Crippen LogP) is 6.27. The number of aromatic amines is 1. The van der Waals surface area contributed by atoms with Crippen LogP contribution in [0.1, 0.15) is 36.9 Å². The average Bonchev–Trinajstić information content (AvgIpc) is 3.27. The van der Waals surface area contributed by atoms with Crippen molar-refractivity contribution in [2.75, 3.05) is 19.7 Å². The number of piperidine rings is 1. The second-order valence-corrected chi connectivity index (χ2v) is 10.4. The number of imidazole rings is 1. The molecule has 1 amide bonds. The van der Waals surface area contributed by atoms with Gasteiger partial charge in [-0.2, -0.15) is 0 Å². The van der Waals surface area contributed by atoms with Gasteiger partial charge in [0.25, 0.3) is 0 Å². The first-order valence-corrected chi connectivity index (χ1v) is 13.5. The van der Waals surface area contributed by atoms with Crippen LogP contribution in [0.4, 0.5) is 4.79 Å². The lowest BCUT2D eigenvalue weighted by Crippen LogP contribution is -2.42. The Morgan fingerprint density at radius 2 is 1.67 bits per heavy atom. The maximum absolute atomic E-state index is 13.0. The molecule has 5 rings (SSSR count). The molecule has 0 spiro atoms. The van der Waals surface area contributed by atoms with Crippen molar-refractivity contribution in [1.82, 2.24) is 19.4 Å². The monoisotopic (exact) mass is 568 g/mol. The van der Waals surface area contributed by atoms with Crippen molar-refractivity contribution in [3.63, 3.8) is 0 Å². The molecule has 4 aromatic rings. The molecule has 39 heavy (non-hydrogen) atoms. The molecular weight excluding hydrogens is 535 g/mol. The molecule has 7 nitrogen and oxygen atoms in total. The zero-order valence-corrected chi connectivity index (χ0v) is 23.5. The summed E-state index contributed by atoms with van der Waals surface area (Å²) in [6.07, 6.45) is 1.12. The second-order valence-electron chi connectivity index (χ2n) is 9.98. The van der Waals surface area contributed by atoms with Gasteiger partial charge in [0.1, 0.15) is 6.61 Å². The molecule has 206 valence electrons. The second kappa shape index (κ2) is 13.2. The normalized spacial score (nSPS) is 14.8. The summed E-state index contributed by atoms with van der Waals surface area (Å²) >= 11 is 6.22. The first-order chi connectivity index (χ1) is 18.5. The highest BCUT2D eigenvalue weighted by Gasteiger charge is 2.27. The van der Waals surface area contributed by atoms with Crippen molar-refractivity contribution in [3.8, 4) is 0 Å². The van der Waals surface area contributed by atoms with Crippen molar-refractivity contribution in [3.05, 3.63) is 105 Å². The summed E-state index contributed by atoms with van der Waals surface area (Å²) in [7, 11) is 0. The van der Waals surface area contributed by atoms with Crippen LogP contribution in [-0.4, -0.2) is 51.2 Å². The standard InChI is InChI=1S/C30H33ClN4O3.ClH/c1-22(34(19-23-8-3-2-4-9-23)20-24-10-7-11-25(31)18-24)21-38-30(37)33-16-14-26(15-17-33)35-28-13-6-5-12-27(28)32-29(35)36;/h2-13,18,22,26H,14-17,19-21H2,1H3,(H,32,36);1H/t22-;/m0./s1. The fraction of sp³-hybridized carbons (Fsp3) is 0.333. The number of aromatic nitrogens is 2. The summed E-state index contributed by atoms with van der Waals surface area (Å²) in [4.78, 5) is 32.5. The molecule has 1 fully saturated rings. The van der Waals surface area contributed by atoms with Crippen LogP contribution >= 0.6 is 24.0 Å².